The smallest absolute Gasteiger partial charge is 0.0218 e. The minimum atomic E-state index is 0.643. The lowest BCUT2D eigenvalue weighted by atomic mass is 10.1. The first kappa shape index (κ1) is 12.9. The summed E-state index contributed by atoms with van der Waals surface area (Å²) in [5, 5.41) is 3.30. The van der Waals surface area contributed by atoms with E-state index in [0.29, 0.717) is 6.04 Å². The fourth-order valence-corrected chi connectivity index (χ4v) is 2.17. The van der Waals surface area contributed by atoms with Gasteiger partial charge in [-0.2, -0.15) is 0 Å². The molecule has 3 nitrogen and oxygen atoms in total. The van der Waals surface area contributed by atoms with Crippen LogP contribution in [0.2, 0.25) is 0 Å². The Balaban J connectivity index is 2.26. The summed E-state index contributed by atoms with van der Waals surface area (Å²) in [6, 6.07) is 1.41. The van der Waals surface area contributed by atoms with Gasteiger partial charge in [0.1, 0.15) is 0 Å². The van der Waals surface area contributed by atoms with E-state index in [4.69, 9.17) is 0 Å². The van der Waals surface area contributed by atoms with Crippen molar-refractivity contribution in [2.75, 3.05) is 40.3 Å². The van der Waals surface area contributed by atoms with Crippen LogP contribution in [0.5, 0.6) is 0 Å². The molecule has 1 rings (SSSR count). The second-order valence-electron chi connectivity index (χ2n) is 4.82. The van der Waals surface area contributed by atoms with Gasteiger partial charge in [-0.25, -0.2) is 0 Å². The molecule has 15 heavy (non-hydrogen) atoms. The number of hydrogen-bond donors (Lipinski definition) is 1. The zero-order valence-electron chi connectivity index (χ0n) is 10.8. The molecule has 1 aliphatic rings. The molecule has 1 fully saturated rings. The highest BCUT2D eigenvalue weighted by Gasteiger charge is 2.22. The minimum absolute atomic E-state index is 0.643. The lowest BCUT2D eigenvalue weighted by Gasteiger charge is -2.39. The molecule has 1 N–H and O–H groups in total. The number of likely N-dealkylation sites (N-methyl/N-ethyl adjacent to an activating group) is 1. The third-order valence-electron chi connectivity index (χ3n) is 3.70. The molecule has 1 saturated heterocycles. The summed E-state index contributed by atoms with van der Waals surface area (Å²) in [7, 11) is 4.30. The topological polar surface area (TPSA) is 18.5 Å². The highest BCUT2D eigenvalue weighted by molar-refractivity contribution is 4.79. The highest BCUT2D eigenvalue weighted by Crippen LogP contribution is 2.11. The molecule has 0 saturated carbocycles. The summed E-state index contributed by atoms with van der Waals surface area (Å²) in [4.78, 5) is 5.11. The van der Waals surface area contributed by atoms with E-state index < -0.39 is 0 Å². The molecule has 0 aromatic carbocycles. The Labute approximate surface area is 94.8 Å². The molecule has 1 aliphatic heterocycles. The molecular formula is C12H27N3. The van der Waals surface area contributed by atoms with Crippen molar-refractivity contribution in [1.82, 2.24) is 15.1 Å². The lowest BCUT2D eigenvalue weighted by molar-refractivity contribution is 0.0908. The van der Waals surface area contributed by atoms with E-state index in [0.717, 1.165) is 6.04 Å². The summed E-state index contributed by atoms with van der Waals surface area (Å²) < 4.78 is 0. The molecule has 0 amide bonds. The summed E-state index contributed by atoms with van der Waals surface area (Å²) >= 11 is 0. The predicted octanol–water partition coefficient (Wildman–Crippen LogP) is 1.01. The highest BCUT2D eigenvalue weighted by atomic mass is 15.3. The first-order chi connectivity index (χ1) is 7.17. The number of piperazine rings is 1. The van der Waals surface area contributed by atoms with Gasteiger partial charge in [-0.1, -0.05) is 6.92 Å². The second kappa shape index (κ2) is 6.46. The van der Waals surface area contributed by atoms with Crippen molar-refractivity contribution >= 4 is 0 Å². The molecule has 0 radical (unpaired) electrons. The zero-order chi connectivity index (χ0) is 11.3. The Morgan fingerprint density at radius 2 is 2.13 bits per heavy atom. The van der Waals surface area contributed by atoms with E-state index in [2.05, 4.69) is 36.0 Å². The summed E-state index contributed by atoms with van der Waals surface area (Å²) in [6.45, 7) is 9.51. The quantitative estimate of drug-likeness (QED) is 0.735. The maximum atomic E-state index is 3.30. The van der Waals surface area contributed by atoms with Crippen molar-refractivity contribution in [3.8, 4) is 0 Å². The van der Waals surface area contributed by atoms with Crippen molar-refractivity contribution < 1.29 is 0 Å². The molecule has 90 valence electrons. The summed E-state index contributed by atoms with van der Waals surface area (Å²) in [5.41, 5.74) is 0. The lowest BCUT2D eigenvalue weighted by Crippen LogP contribution is -2.51. The molecule has 1 heterocycles. The monoisotopic (exact) mass is 213 g/mol. The molecule has 3 heteroatoms. The third-order valence-corrected chi connectivity index (χ3v) is 3.70. The molecule has 0 bridgehead atoms. The van der Waals surface area contributed by atoms with Crippen molar-refractivity contribution in [3.05, 3.63) is 0 Å². The van der Waals surface area contributed by atoms with Crippen molar-refractivity contribution in [1.29, 1.82) is 0 Å². The van der Waals surface area contributed by atoms with Gasteiger partial charge in [0, 0.05) is 31.7 Å². The van der Waals surface area contributed by atoms with Gasteiger partial charge in [0.25, 0.3) is 0 Å². The number of rotatable bonds is 5. The Hall–Kier alpha value is -0.120. The number of nitrogens with one attached hydrogen (secondary N) is 1. The van der Waals surface area contributed by atoms with Crippen LogP contribution in [0.25, 0.3) is 0 Å². The number of nitrogens with zero attached hydrogens (tertiary/aromatic N) is 2. The Morgan fingerprint density at radius 1 is 1.40 bits per heavy atom. The van der Waals surface area contributed by atoms with E-state index in [9.17, 15) is 0 Å². The first-order valence-corrected chi connectivity index (χ1v) is 6.27. The third kappa shape index (κ3) is 4.09. The molecule has 2 atom stereocenters. The van der Waals surface area contributed by atoms with Crippen molar-refractivity contribution in [2.45, 2.75) is 38.8 Å². The largest absolute Gasteiger partial charge is 0.317 e. The SMILES string of the molecule is CCC1CN(CCC(C)NC)CCN1C. The van der Waals surface area contributed by atoms with Gasteiger partial charge in [0.2, 0.25) is 0 Å². The Morgan fingerprint density at radius 3 is 2.73 bits per heavy atom. The van der Waals surface area contributed by atoms with Gasteiger partial charge in [-0.3, -0.25) is 0 Å². The van der Waals surface area contributed by atoms with E-state index in [1.165, 1.54) is 39.0 Å². The van der Waals surface area contributed by atoms with Gasteiger partial charge in [-0.05, 0) is 40.4 Å². The van der Waals surface area contributed by atoms with E-state index in [1.807, 2.05) is 7.05 Å². The van der Waals surface area contributed by atoms with Crippen molar-refractivity contribution in [3.63, 3.8) is 0 Å². The maximum absolute atomic E-state index is 3.30. The van der Waals surface area contributed by atoms with Gasteiger partial charge in [-0.15, -0.1) is 0 Å². The van der Waals surface area contributed by atoms with Crippen LogP contribution in [0, 0.1) is 0 Å². The van der Waals surface area contributed by atoms with E-state index >= 15 is 0 Å². The van der Waals surface area contributed by atoms with Crippen LogP contribution in [0.15, 0.2) is 0 Å². The molecule has 2 unspecified atom stereocenters. The molecule has 0 aliphatic carbocycles. The molecular weight excluding hydrogens is 186 g/mol. The second-order valence-corrected chi connectivity index (χ2v) is 4.82. The van der Waals surface area contributed by atoms with Gasteiger partial charge in [0.05, 0.1) is 0 Å². The maximum Gasteiger partial charge on any atom is 0.0218 e. The molecule has 0 aromatic rings. The van der Waals surface area contributed by atoms with Crippen molar-refractivity contribution in [2.24, 2.45) is 0 Å². The number of hydrogen-bond acceptors (Lipinski definition) is 3. The van der Waals surface area contributed by atoms with E-state index in [1.54, 1.807) is 0 Å². The van der Waals surface area contributed by atoms with Crippen LogP contribution in [0.3, 0.4) is 0 Å². The Bertz CT molecular complexity index is 172. The van der Waals surface area contributed by atoms with Crippen LogP contribution >= 0.6 is 0 Å². The fourth-order valence-electron chi connectivity index (χ4n) is 2.17. The average molecular weight is 213 g/mol. The normalized spacial score (nSPS) is 26.8. The van der Waals surface area contributed by atoms with Crippen LogP contribution < -0.4 is 5.32 Å². The first-order valence-electron chi connectivity index (χ1n) is 6.27. The van der Waals surface area contributed by atoms with Gasteiger partial charge < -0.3 is 15.1 Å². The Kier molecular flexibility index (Phi) is 5.58. The molecule has 0 spiro atoms. The van der Waals surface area contributed by atoms with Crippen LogP contribution in [0.4, 0.5) is 0 Å². The average Bonchev–Trinajstić information content (AvgIpc) is 2.27. The van der Waals surface area contributed by atoms with E-state index in [-0.39, 0.29) is 0 Å². The van der Waals surface area contributed by atoms with Gasteiger partial charge >= 0.3 is 0 Å². The van der Waals surface area contributed by atoms with Gasteiger partial charge in [0.15, 0.2) is 0 Å². The van der Waals surface area contributed by atoms with Crippen LogP contribution in [-0.4, -0.2) is 62.2 Å². The minimum Gasteiger partial charge on any atom is -0.317 e. The van der Waals surface area contributed by atoms with Crippen LogP contribution in [-0.2, 0) is 0 Å². The predicted molar refractivity (Wildman–Crippen MR) is 66.3 cm³/mol. The van der Waals surface area contributed by atoms with Crippen LogP contribution in [0.1, 0.15) is 26.7 Å². The standard InChI is InChI=1S/C12H27N3/c1-5-12-10-15(9-8-14(12)4)7-6-11(2)13-3/h11-13H,5-10H2,1-4H3. The fraction of sp³-hybridized carbons (Fsp3) is 1.00. The summed E-state index contributed by atoms with van der Waals surface area (Å²) in [5.74, 6) is 0. The molecule has 0 aromatic heterocycles. The zero-order valence-corrected chi connectivity index (χ0v) is 10.8. The summed E-state index contributed by atoms with van der Waals surface area (Å²) in [6.07, 6.45) is 2.53.